The average molecular weight is 127 g/mol. The Kier molecular flexibility index (Phi) is 5.28. The Labute approximate surface area is 55.1 Å². The van der Waals surface area contributed by atoms with Crippen LogP contribution in [0, 0.1) is 11.3 Å². The zero-order valence-corrected chi connectivity index (χ0v) is 5.25. The molecule has 50 valence electrons. The summed E-state index contributed by atoms with van der Waals surface area (Å²) in [5, 5.41) is 24.7. The van der Waals surface area contributed by atoms with Gasteiger partial charge in [0, 0.05) is 6.42 Å². The Morgan fingerprint density at radius 1 is 1.33 bits per heavy atom. The third kappa shape index (κ3) is 7.47. The zero-order chi connectivity index (χ0) is 7.11. The van der Waals surface area contributed by atoms with Crippen LogP contribution in [0.15, 0.2) is 0 Å². The van der Waals surface area contributed by atoms with Crippen LogP contribution >= 0.6 is 0 Å². The molecule has 0 saturated carbocycles. The van der Waals surface area contributed by atoms with Gasteiger partial charge in [-0.05, 0) is 12.7 Å². The average Bonchev–Trinajstić information content (AvgIpc) is 1.80. The van der Waals surface area contributed by atoms with E-state index in [0.717, 1.165) is 6.42 Å². The molecule has 0 radical (unpaired) electrons. The van der Waals surface area contributed by atoms with Gasteiger partial charge in [0.25, 0.3) is 0 Å². The lowest BCUT2D eigenvalue weighted by Crippen LogP contribution is -2.09. The van der Waals surface area contributed by atoms with E-state index in [1.807, 2.05) is 6.07 Å². The zero-order valence-electron chi connectivity index (χ0n) is 5.25. The first kappa shape index (κ1) is 8.47. The van der Waals surface area contributed by atoms with Crippen LogP contribution in [0.25, 0.3) is 0 Å². The predicted octanol–water partition coefficient (Wildman–Crippen LogP) is 0.153. The number of hydrogen-bond donors (Lipinski definition) is 2. The van der Waals surface area contributed by atoms with E-state index < -0.39 is 7.12 Å². The third-order valence-electron chi connectivity index (χ3n) is 1.00. The fourth-order valence-electron chi connectivity index (χ4n) is 0.531. The molecule has 0 rings (SSSR count). The van der Waals surface area contributed by atoms with Crippen LogP contribution in [-0.4, -0.2) is 17.2 Å². The standard InChI is InChI=1S/C5H10BNO2/c7-5-3-1-2-4-6(8)9/h8-9H,1-4H2. The molecule has 0 unspecified atom stereocenters. The van der Waals surface area contributed by atoms with Gasteiger partial charge in [0.15, 0.2) is 0 Å². The van der Waals surface area contributed by atoms with Gasteiger partial charge in [-0.1, -0.05) is 6.42 Å². The predicted molar refractivity (Wildman–Crippen MR) is 34.5 cm³/mol. The summed E-state index contributed by atoms with van der Waals surface area (Å²) in [6.07, 6.45) is 2.35. The van der Waals surface area contributed by atoms with E-state index in [-0.39, 0.29) is 0 Å². The molecule has 0 heterocycles. The van der Waals surface area contributed by atoms with Crippen molar-refractivity contribution < 1.29 is 10.0 Å². The van der Waals surface area contributed by atoms with Gasteiger partial charge in [0.2, 0.25) is 0 Å². The summed E-state index contributed by atoms with van der Waals surface area (Å²) in [6, 6.07) is 1.98. The van der Waals surface area contributed by atoms with E-state index in [0.29, 0.717) is 19.2 Å². The van der Waals surface area contributed by atoms with Gasteiger partial charge in [0.1, 0.15) is 0 Å². The number of nitriles is 1. The van der Waals surface area contributed by atoms with Gasteiger partial charge >= 0.3 is 7.12 Å². The summed E-state index contributed by atoms with van der Waals surface area (Å²) in [6.45, 7) is 0. The smallest absolute Gasteiger partial charge is 0.427 e. The molecule has 0 aromatic heterocycles. The number of rotatable bonds is 4. The molecule has 0 aromatic carbocycles. The molecule has 0 aliphatic carbocycles. The molecule has 9 heavy (non-hydrogen) atoms. The molecular formula is C5H10BNO2. The van der Waals surface area contributed by atoms with E-state index in [2.05, 4.69) is 0 Å². The Balaban J connectivity index is 2.85. The summed E-state index contributed by atoms with van der Waals surface area (Å²) >= 11 is 0. The molecule has 0 aliphatic rings. The highest BCUT2D eigenvalue weighted by atomic mass is 16.4. The highest BCUT2D eigenvalue weighted by Crippen LogP contribution is 1.99. The SMILES string of the molecule is N#CCCCCB(O)O. The largest absolute Gasteiger partial charge is 0.451 e. The number of unbranched alkanes of at least 4 members (excludes halogenated alkanes) is 2. The molecule has 0 bridgehead atoms. The first-order valence-electron chi connectivity index (χ1n) is 3.00. The van der Waals surface area contributed by atoms with Gasteiger partial charge in [-0.25, -0.2) is 0 Å². The third-order valence-corrected chi connectivity index (χ3v) is 1.00. The highest BCUT2D eigenvalue weighted by molar-refractivity contribution is 6.40. The van der Waals surface area contributed by atoms with Crippen molar-refractivity contribution in [1.29, 1.82) is 5.26 Å². The van der Waals surface area contributed by atoms with E-state index in [4.69, 9.17) is 15.3 Å². The molecule has 4 heteroatoms. The van der Waals surface area contributed by atoms with Crippen LogP contribution < -0.4 is 0 Å². The van der Waals surface area contributed by atoms with E-state index in [1.54, 1.807) is 0 Å². The molecule has 0 aliphatic heterocycles. The highest BCUT2D eigenvalue weighted by Gasteiger charge is 2.03. The quantitative estimate of drug-likeness (QED) is 0.417. The minimum Gasteiger partial charge on any atom is -0.427 e. The van der Waals surface area contributed by atoms with Crippen molar-refractivity contribution >= 4 is 7.12 Å². The second-order valence-electron chi connectivity index (χ2n) is 1.88. The molecule has 0 fully saturated rings. The maximum atomic E-state index is 8.32. The van der Waals surface area contributed by atoms with E-state index in [1.165, 1.54) is 0 Å². The van der Waals surface area contributed by atoms with Crippen LogP contribution in [0.3, 0.4) is 0 Å². The summed E-state index contributed by atoms with van der Waals surface area (Å²) in [4.78, 5) is 0. The fraction of sp³-hybridized carbons (Fsp3) is 0.800. The monoisotopic (exact) mass is 127 g/mol. The molecule has 2 N–H and O–H groups in total. The number of nitrogens with zero attached hydrogens (tertiary/aromatic N) is 1. The number of hydrogen-bond acceptors (Lipinski definition) is 3. The Bertz CT molecular complexity index is 99.6. The van der Waals surface area contributed by atoms with Gasteiger partial charge in [0.05, 0.1) is 6.07 Å². The van der Waals surface area contributed by atoms with Crippen molar-refractivity contribution in [2.45, 2.75) is 25.6 Å². The normalized spacial score (nSPS) is 8.56. The van der Waals surface area contributed by atoms with Gasteiger partial charge < -0.3 is 10.0 Å². The Morgan fingerprint density at radius 2 is 2.00 bits per heavy atom. The molecule has 0 amide bonds. The van der Waals surface area contributed by atoms with Crippen LogP contribution in [0.2, 0.25) is 6.32 Å². The molecular weight excluding hydrogens is 117 g/mol. The van der Waals surface area contributed by atoms with E-state index >= 15 is 0 Å². The van der Waals surface area contributed by atoms with Crippen molar-refractivity contribution in [1.82, 2.24) is 0 Å². The second kappa shape index (κ2) is 5.61. The van der Waals surface area contributed by atoms with Crippen molar-refractivity contribution in [3.05, 3.63) is 0 Å². The molecule has 0 atom stereocenters. The minimum atomic E-state index is -1.20. The first-order valence-corrected chi connectivity index (χ1v) is 3.00. The van der Waals surface area contributed by atoms with Crippen LogP contribution in [0.5, 0.6) is 0 Å². The van der Waals surface area contributed by atoms with Crippen LogP contribution in [0.1, 0.15) is 19.3 Å². The van der Waals surface area contributed by atoms with Crippen molar-refractivity contribution in [3.63, 3.8) is 0 Å². The van der Waals surface area contributed by atoms with Gasteiger partial charge in [-0.15, -0.1) is 0 Å². The first-order chi connectivity index (χ1) is 4.27. The molecule has 0 spiro atoms. The molecule has 3 nitrogen and oxygen atoms in total. The Morgan fingerprint density at radius 3 is 2.44 bits per heavy atom. The molecule has 0 aromatic rings. The lowest BCUT2D eigenvalue weighted by molar-refractivity contribution is 0.402. The Hall–Kier alpha value is -0.525. The van der Waals surface area contributed by atoms with Gasteiger partial charge in [-0.2, -0.15) is 5.26 Å². The fourth-order valence-corrected chi connectivity index (χ4v) is 0.531. The summed E-state index contributed by atoms with van der Waals surface area (Å²) in [5.74, 6) is 0. The van der Waals surface area contributed by atoms with Crippen LogP contribution in [0.4, 0.5) is 0 Å². The topological polar surface area (TPSA) is 64.2 Å². The van der Waals surface area contributed by atoms with E-state index in [9.17, 15) is 0 Å². The minimum absolute atomic E-state index is 0.377. The lowest BCUT2D eigenvalue weighted by Gasteiger charge is -1.93. The summed E-state index contributed by atoms with van der Waals surface area (Å²) in [7, 11) is -1.20. The van der Waals surface area contributed by atoms with Crippen molar-refractivity contribution in [2.24, 2.45) is 0 Å². The van der Waals surface area contributed by atoms with Crippen molar-refractivity contribution in [3.8, 4) is 6.07 Å². The van der Waals surface area contributed by atoms with Crippen LogP contribution in [-0.2, 0) is 0 Å². The maximum Gasteiger partial charge on any atom is 0.451 e. The maximum absolute atomic E-state index is 8.32. The summed E-state index contributed by atoms with van der Waals surface area (Å²) in [5.41, 5.74) is 0. The van der Waals surface area contributed by atoms with Crippen molar-refractivity contribution in [2.75, 3.05) is 0 Å². The lowest BCUT2D eigenvalue weighted by atomic mass is 9.83. The van der Waals surface area contributed by atoms with Gasteiger partial charge in [-0.3, -0.25) is 0 Å². The summed E-state index contributed by atoms with van der Waals surface area (Å²) < 4.78 is 0. The second-order valence-corrected chi connectivity index (χ2v) is 1.88. The molecule has 0 saturated heterocycles.